The summed E-state index contributed by atoms with van der Waals surface area (Å²) in [5, 5.41) is 9.43. The minimum absolute atomic E-state index is 0.0729. The van der Waals surface area contributed by atoms with Crippen molar-refractivity contribution in [1.29, 1.82) is 0 Å². The van der Waals surface area contributed by atoms with E-state index in [1.54, 1.807) is 54.1 Å². The Morgan fingerprint density at radius 3 is 2.22 bits per heavy atom. The van der Waals surface area contributed by atoms with Crippen molar-refractivity contribution in [3.8, 4) is 11.5 Å². The number of nitrogens with zero attached hydrogens (tertiary/aromatic N) is 1. The van der Waals surface area contributed by atoms with Crippen LogP contribution in [-0.2, 0) is 13.7 Å². The molecule has 4 rings (SSSR count). The zero-order chi connectivity index (χ0) is 19.1. The van der Waals surface area contributed by atoms with E-state index in [1.165, 1.54) is 12.3 Å². The first-order chi connectivity index (χ1) is 13.0. The maximum Gasteiger partial charge on any atom is 0.223 e. The fourth-order valence-corrected chi connectivity index (χ4v) is 3.13. The van der Waals surface area contributed by atoms with Crippen LogP contribution >= 0.6 is 0 Å². The van der Waals surface area contributed by atoms with Crippen LogP contribution in [0.4, 0.5) is 0 Å². The van der Waals surface area contributed by atoms with Gasteiger partial charge in [0.1, 0.15) is 12.4 Å². The van der Waals surface area contributed by atoms with E-state index in [0.717, 1.165) is 0 Å². The molecule has 0 radical (unpaired) electrons. The standard InChI is InChI=1S/C21H15NO5/c1-22-10-19(24)18(23)8-12(22)11-27-13-6-7-16-17(9-13)21(26)15-5-3-2-4-14(15)20(16)25/h2-10,24H,11H2,1H3. The first-order valence-corrected chi connectivity index (χ1v) is 8.29. The molecule has 0 unspecified atom stereocenters. The molecule has 0 atom stereocenters. The lowest BCUT2D eigenvalue weighted by Crippen LogP contribution is -2.20. The van der Waals surface area contributed by atoms with E-state index in [4.69, 9.17) is 4.74 Å². The summed E-state index contributed by atoms with van der Waals surface area (Å²) in [5.41, 5.74) is 1.51. The van der Waals surface area contributed by atoms with Gasteiger partial charge in [-0.1, -0.05) is 24.3 Å². The van der Waals surface area contributed by atoms with Crippen molar-refractivity contribution in [1.82, 2.24) is 4.57 Å². The molecule has 0 bridgehead atoms. The second kappa shape index (κ2) is 6.25. The van der Waals surface area contributed by atoms with Crippen molar-refractivity contribution < 1.29 is 19.4 Å². The van der Waals surface area contributed by atoms with Crippen LogP contribution in [-0.4, -0.2) is 21.2 Å². The Morgan fingerprint density at radius 2 is 1.52 bits per heavy atom. The Labute approximate surface area is 154 Å². The summed E-state index contributed by atoms with van der Waals surface area (Å²) in [4.78, 5) is 36.9. The summed E-state index contributed by atoms with van der Waals surface area (Å²) < 4.78 is 7.28. The van der Waals surface area contributed by atoms with Crippen molar-refractivity contribution >= 4 is 11.6 Å². The van der Waals surface area contributed by atoms with Gasteiger partial charge in [0.25, 0.3) is 0 Å². The third-order valence-electron chi connectivity index (χ3n) is 4.60. The molecule has 0 aliphatic heterocycles. The van der Waals surface area contributed by atoms with E-state index in [0.29, 0.717) is 33.7 Å². The zero-order valence-corrected chi connectivity index (χ0v) is 14.4. The number of rotatable bonds is 3. The molecule has 1 N–H and O–H groups in total. The first-order valence-electron chi connectivity index (χ1n) is 8.29. The van der Waals surface area contributed by atoms with Crippen LogP contribution < -0.4 is 10.2 Å². The van der Waals surface area contributed by atoms with Crippen LogP contribution in [0.15, 0.2) is 59.5 Å². The van der Waals surface area contributed by atoms with Gasteiger partial charge in [0.15, 0.2) is 17.3 Å². The normalized spacial score (nSPS) is 12.5. The average Bonchev–Trinajstić information content (AvgIpc) is 2.68. The lowest BCUT2D eigenvalue weighted by molar-refractivity contribution is 0.0978. The lowest BCUT2D eigenvalue weighted by atomic mass is 9.84. The number of carbonyl (C=O) groups is 2. The van der Waals surface area contributed by atoms with Crippen LogP contribution in [0.1, 0.15) is 37.5 Å². The monoisotopic (exact) mass is 361 g/mol. The maximum absolute atomic E-state index is 12.7. The third kappa shape index (κ3) is 2.81. The van der Waals surface area contributed by atoms with Crippen LogP contribution in [0.2, 0.25) is 0 Å². The van der Waals surface area contributed by atoms with Crippen LogP contribution in [0.3, 0.4) is 0 Å². The van der Waals surface area contributed by atoms with Gasteiger partial charge in [0, 0.05) is 41.6 Å². The number of benzene rings is 2. The molecule has 6 nitrogen and oxygen atoms in total. The van der Waals surface area contributed by atoms with Crippen LogP contribution in [0.5, 0.6) is 11.5 Å². The third-order valence-corrected chi connectivity index (χ3v) is 4.60. The Bertz CT molecular complexity index is 1160. The Morgan fingerprint density at radius 1 is 0.889 bits per heavy atom. The van der Waals surface area contributed by atoms with Gasteiger partial charge in [-0.15, -0.1) is 0 Å². The van der Waals surface area contributed by atoms with E-state index < -0.39 is 5.43 Å². The van der Waals surface area contributed by atoms with Crippen molar-refractivity contribution in [2.45, 2.75) is 6.61 Å². The Balaban J connectivity index is 1.64. The van der Waals surface area contributed by atoms with Gasteiger partial charge in [-0.05, 0) is 18.2 Å². The molecule has 6 heteroatoms. The number of carbonyl (C=O) groups excluding carboxylic acids is 2. The van der Waals surface area contributed by atoms with Crippen molar-refractivity contribution in [3.05, 3.63) is 92.9 Å². The topological polar surface area (TPSA) is 85.6 Å². The number of hydrogen-bond acceptors (Lipinski definition) is 5. The lowest BCUT2D eigenvalue weighted by Gasteiger charge is -2.18. The molecule has 3 aromatic rings. The van der Waals surface area contributed by atoms with Gasteiger partial charge in [0.2, 0.25) is 5.43 Å². The van der Waals surface area contributed by atoms with Gasteiger partial charge in [-0.25, -0.2) is 0 Å². The summed E-state index contributed by atoms with van der Waals surface area (Å²) in [6, 6.07) is 12.8. The summed E-state index contributed by atoms with van der Waals surface area (Å²) in [7, 11) is 1.68. The second-order valence-electron chi connectivity index (χ2n) is 6.33. The largest absolute Gasteiger partial charge is 0.503 e. The Kier molecular flexibility index (Phi) is 3.88. The van der Waals surface area contributed by atoms with E-state index in [1.807, 2.05) is 0 Å². The fraction of sp³-hybridized carbons (Fsp3) is 0.0952. The Hall–Kier alpha value is -3.67. The van der Waals surface area contributed by atoms with E-state index in [2.05, 4.69) is 0 Å². The van der Waals surface area contributed by atoms with Crippen molar-refractivity contribution in [3.63, 3.8) is 0 Å². The van der Waals surface area contributed by atoms with Crippen molar-refractivity contribution in [2.75, 3.05) is 0 Å². The van der Waals surface area contributed by atoms with E-state index in [-0.39, 0.29) is 23.9 Å². The molecule has 1 aliphatic carbocycles. The molecule has 1 heterocycles. The number of fused-ring (bicyclic) bond motifs is 2. The highest BCUT2D eigenvalue weighted by Gasteiger charge is 2.29. The molecular weight excluding hydrogens is 346 g/mol. The number of aromatic hydroxyl groups is 1. The highest BCUT2D eigenvalue weighted by molar-refractivity contribution is 6.28. The van der Waals surface area contributed by atoms with Gasteiger partial charge in [-0.2, -0.15) is 0 Å². The number of pyridine rings is 1. The molecular formula is C21H15NO5. The summed E-state index contributed by atoms with van der Waals surface area (Å²) >= 11 is 0. The van der Waals surface area contributed by atoms with Crippen LogP contribution in [0, 0.1) is 0 Å². The van der Waals surface area contributed by atoms with Crippen molar-refractivity contribution in [2.24, 2.45) is 7.05 Å². The van der Waals surface area contributed by atoms with E-state index >= 15 is 0 Å². The number of ketones is 2. The molecule has 2 aromatic carbocycles. The molecule has 0 saturated heterocycles. The molecule has 0 fully saturated rings. The number of aromatic nitrogens is 1. The zero-order valence-electron chi connectivity index (χ0n) is 14.4. The average molecular weight is 361 g/mol. The maximum atomic E-state index is 12.7. The summed E-state index contributed by atoms with van der Waals surface area (Å²) in [6.07, 6.45) is 1.31. The van der Waals surface area contributed by atoms with Gasteiger partial charge in [-0.3, -0.25) is 14.4 Å². The number of aryl methyl sites for hydroxylation is 1. The molecule has 134 valence electrons. The molecule has 0 spiro atoms. The van der Waals surface area contributed by atoms with E-state index in [9.17, 15) is 19.5 Å². The van der Waals surface area contributed by atoms with Gasteiger partial charge < -0.3 is 14.4 Å². The van der Waals surface area contributed by atoms with Gasteiger partial charge >= 0.3 is 0 Å². The highest BCUT2D eigenvalue weighted by Crippen LogP contribution is 2.30. The quantitative estimate of drug-likeness (QED) is 0.606. The fourth-order valence-electron chi connectivity index (χ4n) is 3.13. The number of ether oxygens (including phenoxy) is 1. The SMILES string of the molecule is Cn1cc(O)c(=O)cc1COc1ccc2c(c1)C(=O)c1ccccc1C2=O. The predicted octanol–water partition coefficient (Wildman–Crippen LogP) is 2.45. The molecule has 0 saturated carbocycles. The highest BCUT2D eigenvalue weighted by atomic mass is 16.5. The minimum atomic E-state index is -0.491. The molecule has 27 heavy (non-hydrogen) atoms. The molecule has 1 aromatic heterocycles. The van der Waals surface area contributed by atoms with Gasteiger partial charge in [0.05, 0.1) is 5.69 Å². The smallest absolute Gasteiger partial charge is 0.223 e. The summed E-state index contributed by atoms with van der Waals surface area (Å²) in [5.74, 6) is -0.331. The number of hydrogen-bond donors (Lipinski definition) is 1. The minimum Gasteiger partial charge on any atom is -0.503 e. The predicted molar refractivity (Wildman–Crippen MR) is 97.4 cm³/mol. The second-order valence-corrected chi connectivity index (χ2v) is 6.33. The molecule has 0 amide bonds. The first kappa shape index (κ1) is 16.8. The van der Waals surface area contributed by atoms with Crippen LogP contribution in [0.25, 0.3) is 0 Å². The summed E-state index contributed by atoms with van der Waals surface area (Å²) in [6.45, 7) is 0.0729. The molecule has 1 aliphatic rings.